The molecule has 2 unspecified atom stereocenters. The highest BCUT2D eigenvalue weighted by Gasteiger charge is 2.31. The molecule has 1 fully saturated rings. The van der Waals surface area contributed by atoms with Gasteiger partial charge < -0.3 is 10.4 Å². The zero-order valence-corrected chi connectivity index (χ0v) is 11.9. The molecule has 6 heteroatoms. The minimum absolute atomic E-state index is 0.131. The fourth-order valence-corrected chi connectivity index (χ4v) is 2.70. The van der Waals surface area contributed by atoms with Gasteiger partial charge in [0.1, 0.15) is 11.6 Å². The zero-order chi connectivity index (χ0) is 14.8. The second-order valence-corrected chi connectivity index (χ2v) is 5.34. The maximum Gasteiger partial charge on any atom is 0.230 e. The SMILES string of the molecule is Cc1nccn1-c1ccc(NC(=O)C2CCCC2O)cn1. The van der Waals surface area contributed by atoms with Gasteiger partial charge in [-0.2, -0.15) is 0 Å². The van der Waals surface area contributed by atoms with Gasteiger partial charge in [-0.1, -0.05) is 0 Å². The van der Waals surface area contributed by atoms with Gasteiger partial charge in [-0.3, -0.25) is 9.36 Å². The lowest BCUT2D eigenvalue weighted by Gasteiger charge is -2.14. The van der Waals surface area contributed by atoms with Crippen LogP contribution in [0.1, 0.15) is 25.1 Å². The lowest BCUT2D eigenvalue weighted by molar-refractivity contribution is -0.122. The van der Waals surface area contributed by atoms with E-state index in [4.69, 9.17) is 0 Å². The molecule has 6 nitrogen and oxygen atoms in total. The topological polar surface area (TPSA) is 80.0 Å². The minimum Gasteiger partial charge on any atom is -0.392 e. The van der Waals surface area contributed by atoms with E-state index in [-0.39, 0.29) is 11.8 Å². The highest BCUT2D eigenvalue weighted by Crippen LogP contribution is 2.26. The third-order valence-corrected chi connectivity index (χ3v) is 3.90. The van der Waals surface area contributed by atoms with E-state index in [1.165, 1.54) is 0 Å². The van der Waals surface area contributed by atoms with Gasteiger partial charge in [-0.15, -0.1) is 0 Å². The van der Waals surface area contributed by atoms with Crippen molar-refractivity contribution in [2.24, 2.45) is 5.92 Å². The molecule has 21 heavy (non-hydrogen) atoms. The molecule has 0 aromatic carbocycles. The number of carbonyl (C=O) groups is 1. The summed E-state index contributed by atoms with van der Waals surface area (Å²) in [5.41, 5.74) is 0.639. The molecule has 0 saturated heterocycles. The first-order valence-corrected chi connectivity index (χ1v) is 7.10. The molecule has 0 radical (unpaired) electrons. The number of aliphatic hydroxyl groups is 1. The smallest absolute Gasteiger partial charge is 0.230 e. The summed E-state index contributed by atoms with van der Waals surface area (Å²) in [4.78, 5) is 20.6. The molecule has 0 spiro atoms. The van der Waals surface area contributed by atoms with E-state index in [2.05, 4.69) is 15.3 Å². The molecule has 110 valence electrons. The number of nitrogens with zero attached hydrogens (tertiary/aromatic N) is 3. The van der Waals surface area contributed by atoms with E-state index < -0.39 is 6.10 Å². The average molecular weight is 286 g/mol. The van der Waals surface area contributed by atoms with E-state index in [0.717, 1.165) is 24.5 Å². The Kier molecular flexibility index (Phi) is 3.70. The monoisotopic (exact) mass is 286 g/mol. The molecule has 3 rings (SSSR count). The Morgan fingerprint density at radius 3 is 2.81 bits per heavy atom. The van der Waals surface area contributed by atoms with E-state index in [1.54, 1.807) is 18.5 Å². The van der Waals surface area contributed by atoms with Gasteiger partial charge in [0.05, 0.1) is 23.9 Å². The Morgan fingerprint density at radius 2 is 2.24 bits per heavy atom. The Hall–Kier alpha value is -2.21. The summed E-state index contributed by atoms with van der Waals surface area (Å²) in [5, 5.41) is 12.6. The number of amides is 1. The highest BCUT2D eigenvalue weighted by molar-refractivity contribution is 5.93. The van der Waals surface area contributed by atoms with E-state index in [1.807, 2.05) is 23.8 Å². The van der Waals surface area contributed by atoms with Gasteiger partial charge in [-0.25, -0.2) is 9.97 Å². The quantitative estimate of drug-likeness (QED) is 0.899. The number of hydrogen-bond acceptors (Lipinski definition) is 4. The number of carbonyl (C=O) groups excluding carboxylic acids is 1. The summed E-state index contributed by atoms with van der Waals surface area (Å²) < 4.78 is 1.87. The maximum atomic E-state index is 12.1. The molecule has 2 aromatic rings. The first kappa shape index (κ1) is 13.8. The van der Waals surface area contributed by atoms with Crippen molar-refractivity contribution >= 4 is 11.6 Å². The van der Waals surface area contributed by atoms with Gasteiger partial charge >= 0.3 is 0 Å². The standard InChI is InChI=1S/C15H18N4O2/c1-10-16-7-8-19(10)14-6-5-11(9-17-14)18-15(21)12-3-2-4-13(12)20/h5-9,12-13,20H,2-4H2,1H3,(H,18,21). The lowest BCUT2D eigenvalue weighted by Crippen LogP contribution is -2.28. The maximum absolute atomic E-state index is 12.1. The second-order valence-electron chi connectivity index (χ2n) is 5.34. The van der Waals surface area contributed by atoms with Crippen molar-refractivity contribution in [2.75, 3.05) is 5.32 Å². The van der Waals surface area contributed by atoms with E-state index in [9.17, 15) is 9.90 Å². The van der Waals surface area contributed by atoms with Gasteiger partial charge in [0.15, 0.2) is 0 Å². The third kappa shape index (κ3) is 2.80. The number of anilines is 1. The van der Waals surface area contributed by atoms with Crippen LogP contribution >= 0.6 is 0 Å². The summed E-state index contributed by atoms with van der Waals surface area (Å²) >= 11 is 0. The van der Waals surface area contributed by atoms with Crippen molar-refractivity contribution < 1.29 is 9.90 Å². The van der Waals surface area contributed by atoms with Gasteiger partial charge in [0.25, 0.3) is 0 Å². The second kappa shape index (κ2) is 5.65. The first-order chi connectivity index (χ1) is 10.1. The number of nitrogens with one attached hydrogen (secondary N) is 1. The van der Waals surface area contributed by atoms with Crippen LogP contribution in [0.4, 0.5) is 5.69 Å². The number of hydrogen-bond donors (Lipinski definition) is 2. The fourth-order valence-electron chi connectivity index (χ4n) is 2.70. The predicted octanol–water partition coefficient (Wildman–Crippen LogP) is 1.68. The molecular weight excluding hydrogens is 268 g/mol. The van der Waals surface area contributed by atoms with Crippen LogP contribution in [-0.4, -0.2) is 31.7 Å². The molecule has 1 aliphatic rings. The van der Waals surface area contributed by atoms with Crippen molar-refractivity contribution in [3.8, 4) is 5.82 Å². The van der Waals surface area contributed by atoms with Crippen LogP contribution in [-0.2, 0) is 4.79 Å². The fraction of sp³-hybridized carbons (Fsp3) is 0.400. The average Bonchev–Trinajstić information content (AvgIpc) is 3.08. The lowest BCUT2D eigenvalue weighted by atomic mass is 10.1. The Bertz CT molecular complexity index is 635. The van der Waals surface area contributed by atoms with Crippen molar-refractivity contribution in [3.63, 3.8) is 0 Å². The molecule has 0 bridgehead atoms. The number of aliphatic hydroxyl groups excluding tert-OH is 1. The molecule has 0 aliphatic heterocycles. The predicted molar refractivity (Wildman–Crippen MR) is 78.1 cm³/mol. The molecule has 1 aliphatic carbocycles. The van der Waals surface area contributed by atoms with Crippen LogP contribution in [0.5, 0.6) is 0 Å². The molecule has 1 amide bonds. The van der Waals surface area contributed by atoms with Crippen LogP contribution in [0.3, 0.4) is 0 Å². The number of imidazole rings is 1. The van der Waals surface area contributed by atoms with E-state index in [0.29, 0.717) is 12.1 Å². The summed E-state index contributed by atoms with van der Waals surface area (Å²) in [7, 11) is 0. The highest BCUT2D eigenvalue weighted by atomic mass is 16.3. The molecule has 2 heterocycles. The number of aromatic nitrogens is 3. The van der Waals surface area contributed by atoms with Crippen molar-refractivity contribution in [1.82, 2.24) is 14.5 Å². The summed E-state index contributed by atoms with van der Waals surface area (Å²) in [6, 6.07) is 3.64. The van der Waals surface area contributed by atoms with Crippen molar-refractivity contribution in [3.05, 3.63) is 36.5 Å². The van der Waals surface area contributed by atoms with E-state index >= 15 is 0 Å². The molecule has 2 atom stereocenters. The van der Waals surface area contributed by atoms with Crippen LogP contribution in [0.15, 0.2) is 30.7 Å². The molecule has 1 saturated carbocycles. The Balaban J connectivity index is 1.70. The third-order valence-electron chi connectivity index (χ3n) is 3.90. The Morgan fingerprint density at radius 1 is 1.38 bits per heavy atom. The zero-order valence-electron chi connectivity index (χ0n) is 11.9. The van der Waals surface area contributed by atoms with Crippen molar-refractivity contribution in [2.45, 2.75) is 32.3 Å². The van der Waals surface area contributed by atoms with Gasteiger partial charge in [0, 0.05) is 12.4 Å². The van der Waals surface area contributed by atoms with Crippen LogP contribution in [0.25, 0.3) is 5.82 Å². The van der Waals surface area contributed by atoms with Crippen molar-refractivity contribution in [1.29, 1.82) is 0 Å². The van der Waals surface area contributed by atoms with Crippen LogP contribution in [0, 0.1) is 12.8 Å². The Labute approximate surface area is 122 Å². The number of pyridine rings is 1. The summed E-state index contributed by atoms with van der Waals surface area (Å²) in [5.74, 6) is 1.17. The normalized spacial score (nSPS) is 21.4. The molecule has 2 N–H and O–H groups in total. The molecular formula is C15H18N4O2. The van der Waals surface area contributed by atoms with Gasteiger partial charge in [0.2, 0.25) is 5.91 Å². The van der Waals surface area contributed by atoms with Crippen LogP contribution in [0.2, 0.25) is 0 Å². The minimum atomic E-state index is -0.522. The largest absolute Gasteiger partial charge is 0.392 e. The summed E-state index contributed by atoms with van der Waals surface area (Å²) in [6.07, 6.45) is 7.00. The first-order valence-electron chi connectivity index (χ1n) is 7.10. The summed E-state index contributed by atoms with van der Waals surface area (Å²) in [6.45, 7) is 1.90. The number of aryl methyl sites for hydroxylation is 1. The number of rotatable bonds is 3. The molecule has 2 aromatic heterocycles. The van der Waals surface area contributed by atoms with Gasteiger partial charge in [-0.05, 0) is 38.3 Å². The van der Waals surface area contributed by atoms with Crippen LogP contribution < -0.4 is 5.32 Å².